The number of likely N-dealkylation sites (tertiary alicyclic amines) is 1. The van der Waals surface area contributed by atoms with Crippen molar-refractivity contribution in [2.24, 2.45) is 0 Å². The zero-order chi connectivity index (χ0) is 17.6. The van der Waals surface area contributed by atoms with E-state index in [0.29, 0.717) is 0 Å². The molecule has 0 amide bonds. The molecule has 1 N–H and O–H groups in total. The Hall–Kier alpha value is -1.15. The van der Waals surface area contributed by atoms with Crippen LogP contribution in [0.25, 0.3) is 6.08 Å². The van der Waals surface area contributed by atoms with Gasteiger partial charge in [-0.3, -0.25) is 4.90 Å². The quantitative estimate of drug-likeness (QED) is 0.842. The Labute approximate surface area is 161 Å². The average Bonchev–Trinajstić information content (AvgIpc) is 3.21. The van der Waals surface area contributed by atoms with Gasteiger partial charge in [0.2, 0.25) is 5.95 Å². The molecule has 3 saturated heterocycles. The highest BCUT2D eigenvalue weighted by molar-refractivity contribution is 8.03. The zero-order valence-corrected chi connectivity index (χ0v) is 16.4. The fourth-order valence-corrected chi connectivity index (χ4v) is 4.66. The van der Waals surface area contributed by atoms with Crippen LogP contribution in [0.15, 0.2) is 17.2 Å². The van der Waals surface area contributed by atoms with Crippen molar-refractivity contribution in [3.8, 4) is 0 Å². The van der Waals surface area contributed by atoms with E-state index in [0.717, 1.165) is 50.2 Å². The Balaban J connectivity index is 1.27. The topological polar surface area (TPSA) is 47.5 Å². The van der Waals surface area contributed by atoms with Crippen molar-refractivity contribution in [3.63, 3.8) is 0 Å². The molecule has 0 aromatic carbocycles. The van der Waals surface area contributed by atoms with Gasteiger partial charge in [0.15, 0.2) is 0 Å². The van der Waals surface area contributed by atoms with E-state index in [2.05, 4.69) is 31.1 Å². The second kappa shape index (κ2) is 9.17. The highest BCUT2D eigenvalue weighted by Gasteiger charge is 2.20. The summed E-state index contributed by atoms with van der Waals surface area (Å²) in [6.45, 7) is 10.3. The molecule has 0 atom stereocenters. The third kappa shape index (κ3) is 4.97. The van der Waals surface area contributed by atoms with Crippen molar-refractivity contribution in [2.75, 3.05) is 69.7 Å². The molecular weight excluding hydrogens is 344 g/mol. The minimum absolute atomic E-state index is 0.881. The number of rotatable bonds is 5. The van der Waals surface area contributed by atoms with Crippen LogP contribution in [-0.2, 0) is 0 Å². The van der Waals surface area contributed by atoms with Gasteiger partial charge in [-0.1, -0.05) is 6.42 Å². The lowest BCUT2D eigenvalue weighted by molar-refractivity contribution is 0.176. The number of aromatic nitrogens is 2. The monoisotopic (exact) mass is 374 g/mol. The number of hydrogen-bond donors (Lipinski definition) is 1. The molecule has 0 radical (unpaired) electrons. The van der Waals surface area contributed by atoms with Crippen LogP contribution in [0.1, 0.15) is 25.0 Å². The van der Waals surface area contributed by atoms with Crippen LogP contribution >= 0.6 is 11.8 Å². The molecule has 142 valence electrons. The summed E-state index contributed by atoms with van der Waals surface area (Å²) in [6, 6.07) is 2.00. The maximum absolute atomic E-state index is 4.77. The Bertz CT molecular complexity index is 600. The van der Waals surface area contributed by atoms with Gasteiger partial charge in [-0.2, -0.15) is 0 Å². The number of nitrogens with zero attached hydrogens (tertiary/aromatic N) is 5. The molecule has 3 fully saturated rings. The second-order valence-corrected chi connectivity index (χ2v) is 8.44. The second-order valence-electron chi connectivity index (χ2n) is 7.34. The van der Waals surface area contributed by atoms with Crippen LogP contribution in [0.4, 0.5) is 5.95 Å². The van der Waals surface area contributed by atoms with Gasteiger partial charge in [-0.15, -0.1) is 11.8 Å². The number of thioether (sulfide) groups is 1. The molecule has 3 aliphatic rings. The first-order valence-corrected chi connectivity index (χ1v) is 10.9. The van der Waals surface area contributed by atoms with Crippen LogP contribution < -0.4 is 10.2 Å². The number of hydrogen-bond acceptors (Lipinski definition) is 7. The Morgan fingerprint density at radius 1 is 1.00 bits per heavy atom. The van der Waals surface area contributed by atoms with E-state index in [1.165, 1.54) is 50.3 Å². The smallest absolute Gasteiger partial charge is 0.225 e. The summed E-state index contributed by atoms with van der Waals surface area (Å²) >= 11 is 1.86. The molecular formula is C19H30N6S. The van der Waals surface area contributed by atoms with Gasteiger partial charge in [0, 0.05) is 62.8 Å². The molecule has 1 aromatic heterocycles. The Morgan fingerprint density at radius 3 is 2.50 bits per heavy atom. The lowest BCUT2D eigenvalue weighted by atomic mass is 10.1. The molecule has 4 heterocycles. The summed E-state index contributed by atoms with van der Waals surface area (Å²) in [6.07, 6.45) is 8.26. The largest absolute Gasteiger partial charge is 0.338 e. The predicted molar refractivity (Wildman–Crippen MR) is 109 cm³/mol. The van der Waals surface area contributed by atoms with Gasteiger partial charge < -0.3 is 15.1 Å². The molecule has 0 unspecified atom stereocenters. The van der Waals surface area contributed by atoms with Crippen LogP contribution in [0.2, 0.25) is 0 Å². The first kappa shape index (κ1) is 18.2. The van der Waals surface area contributed by atoms with E-state index in [1.54, 1.807) is 0 Å². The fourth-order valence-electron chi connectivity index (χ4n) is 3.86. The van der Waals surface area contributed by atoms with Crippen LogP contribution in [0.5, 0.6) is 0 Å². The van der Waals surface area contributed by atoms with E-state index in [-0.39, 0.29) is 0 Å². The van der Waals surface area contributed by atoms with Crippen LogP contribution in [-0.4, -0.2) is 84.5 Å². The zero-order valence-electron chi connectivity index (χ0n) is 15.6. The predicted octanol–water partition coefficient (Wildman–Crippen LogP) is 1.72. The Morgan fingerprint density at radius 2 is 1.77 bits per heavy atom. The number of nitrogens with one attached hydrogen (secondary N) is 1. The first-order valence-electron chi connectivity index (χ1n) is 9.94. The summed E-state index contributed by atoms with van der Waals surface area (Å²) < 4.78 is 0. The summed E-state index contributed by atoms with van der Waals surface area (Å²) in [5.41, 5.74) is 1.02. The van der Waals surface area contributed by atoms with Crippen molar-refractivity contribution in [1.82, 2.24) is 25.1 Å². The van der Waals surface area contributed by atoms with Crippen molar-refractivity contribution in [3.05, 3.63) is 22.9 Å². The third-order valence-electron chi connectivity index (χ3n) is 5.47. The van der Waals surface area contributed by atoms with E-state index < -0.39 is 0 Å². The number of piperazine rings is 1. The first-order chi connectivity index (χ1) is 12.9. The normalized spacial score (nSPS) is 24.5. The van der Waals surface area contributed by atoms with Crippen molar-refractivity contribution in [1.29, 1.82) is 0 Å². The maximum Gasteiger partial charge on any atom is 0.225 e. The number of piperidine rings is 1. The van der Waals surface area contributed by atoms with Gasteiger partial charge in [-0.25, -0.2) is 9.97 Å². The molecule has 3 aliphatic heterocycles. The highest BCUT2D eigenvalue weighted by Crippen LogP contribution is 2.22. The minimum Gasteiger partial charge on any atom is -0.338 e. The molecule has 0 aliphatic carbocycles. The SMILES string of the molecule is C(=C1\CNCS1)/c1ccnc(N2CCN(CCN3CCCCC3)CC2)n1. The molecule has 7 heteroatoms. The standard InChI is InChI=1S/C19H30N6S/c1-2-6-23(7-3-1)8-9-24-10-12-25(13-11-24)19-21-5-4-17(22-19)14-18-15-20-16-26-18/h4-5,14,20H,1-3,6-13,15-16H2/b18-14-. The number of anilines is 1. The van der Waals surface area contributed by atoms with Gasteiger partial charge >= 0.3 is 0 Å². The van der Waals surface area contributed by atoms with Crippen LogP contribution in [0.3, 0.4) is 0 Å². The van der Waals surface area contributed by atoms with E-state index in [1.807, 2.05) is 24.0 Å². The van der Waals surface area contributed by atoms with E-state index in [4.69, 9.17) is 4.98 Å². The van der Waals surface area contributed by atoms with Crippen LogP contribution in [0, 0.1) is 0 Å². The van der Waals surface area contributed by atoms with Gasteiger partial charge in [-0.05, 0) is 38.1 Å². The molecule has 0 spiro atoms. The van der Waals surface area contributed by atoms with Crippen molar-refractivity contribution < 1.29 is 0 Å². The van der Waals surface area contributed by atoms with Crippen molar-refractivity contribution in [2.45, 2.75) is 19.3 Å². The van der Waals surface area contributed by atoms with Gasteiger partial charge in [0.25, 0.3) is 0 Å². The molecule has 6 nitrogen and oxygen atoms in total. The molecule has 26 heavy (non-hydrogen) atoms. The summed E-state index contributed by atoms with van der Waals surface area (Å²) in [4.78, 5) is 18.2. The van der Waals surface area contributed by atoms with Gasteiger partial charge in [0.1, 0.15) is 0 Å². The molecule has 0 saturated carbocycles. The Kier molecular flexibility index (Phi) is 6.43. The lowest BCUT2D eigenvalue weighted by Gasteiger charge is -2.36. The van der Waals surface area contributed by atoms with E-state index >= 15 is 0 Å². The summed E-state index contributed by atoms with van der Waals surface area (Å²) in [7, 11) is 0. The fraction of sp³-hybridized carbons (Fsp3) is 0.684. The molecule has 0 bridgehead atoms. The van der Waals surface area contributed by atoms with Gasteiger partial charge in [0.05, 0.1) is 5.69 Å². The minimum atomic E-state index is 0.881. The summed E-state index contributed by atoms with van der Waals surface area (Å²) in [5, 5.41) is 3.34. The maximum atomic E-state index is 4.77. The van der Waals surface area contributed by atoms with E-state index in [9.17, 15) is 0 Å². The lowest BCUT2D eigenvalue weighted by Crippen LogP contribution is -2.49. The third-order valence-corrected chi connectivity index (χ3v) is 6.45. The molecule has 1 aromatic rings. The summed E-state index contributed by atoms with van der Waals surface area (Å²) in [5.74, 6) is 1.88. The highest BCUT2D eigenvalue weighted by atomic mass is 32.2. The molecule has 4 rings (SSSR count). The average molecular weight is 375 g/mol. The van der Waals surface area contributed by atoms with Crippen molar-refractivity contribution >= 4 is 23.8 Å².